The third-order valence-corrected chi connectivity index (χ3v) is 4.76. The van der Waals surface area contributed by atoms with Crippen LogP contribution in [0.15, 0.2) is 52.8 Å². The van der Waals surface area contributed by atoms with Gasteiger partial charge in [0.1, 0.15) is 0 Å². The Hall–Kier alpha value is -2.40. The van der Waals surface area contributed by atoms with Crippen molar-refractivity contribution in [2.75, 3.05) is 0 Å². The van der Waals surface area contributed by atoms with Gasteiger partial charge in [-0.05, 0) is 48.1 Å². The topological polar surface area (TPSA) is 55.1 Å². The Kier molecular flexibility index (Phi) is 4.88. The molecule has 3 aromatic rings. The summed E-state index contributed by atoms with van der Waals surface area (Å²) in [6.45, 7) is 2.58. The molecular formula is C18H18N2O2S. The maximum Gasteiger partial charge on any atom is 0.220 e. The fourth-order valence-electron chi connectivity index (χ4n) is 2.29. The first-order chi connectivity index (χ1) is 11.2. The standard InChI is InChI=1S/C18H18N2O2S/c1-13-7-9-23-17(13)4-5-18(21)20-11-14-2-3-16(19-10-14)15-6-8-22-12-15/h2-3,6-10,12H,4-5,11H2,1H3,(H,20,21). The molecule has 118 valence electrons. The molecule has 0 bridgehead atoms. The van der Waals surface area contributed by atoms with E-state index in [0.29, 0.717) is 13.0 Å². The first-order valence-corrected chi connectivity index (χ1v) is 8.37. The highest BCUT2D eigenvalue weighted by molar-refractivity contribution is 7.10. The Labute approximate surface area is 139 Å². The Morgan fingerprint density at radius 3 is 2.87 bits per heavy atom. The van der Waals surface area contributed by atoms with Gasteiger partial charge in [0.15, 0.2) is 0 Å². The number of carbonyl (C=O) groups excluding carboxylic acids is 1. The second kappa shape index (κ2) is 7.24. The lowest BCUT2D eigenvalue weighted by Crippen LogP contribution is -2.23. The summed E-state index contributed by atoms with van der Waals surface area (Å²) < 4.78 is 5.05. The number of hydrogen-bond acceptors (Lipinski definition) is 4. The van der Waals surface area contributed by atoms with Crippen molar-refractivity contribution in [3.63, 3.8) is 0 Å². The molecule has 0 saturated heterocycles. The minimum absolute atomic E-state index is 0.0664. The molecule has 0 unspecified atom stereocenters. The van der Waals surface area contributed by atoms with Crippen LogP contribution in [0.3, 0.4) is 0 Å². The van der Waals surface area contributed by atoms with Gasteiger partial charge in [0.25, 0.3) is 0 Å². The molecule has 0 aliphatic carbocycles. The number of aromatic nitrogens is 1. The van der Waals surface area contributed by atoms with E-state index in [2.05, 4.69) is 28.7 Å². The van der Waals surface area contributed by atoms with E-state index in [-0.39, 0.29) is 5.91 Å². The molecule has 1 N–H and O–H groups in total. The lowest BCUT2D eigenvalue weighted by Gasteiger charge is -2.06. The van der Waals surface area contributed by atoms with E-state index in [4.69, 9.17) is 4.42 Å². The zero-order valence-corrected chi connectivity index (χ0v) is 13.7. The summed E-state index contributed by atoms with van der Waals surface area (Å²) in [7, 11) is 0. The molecule has 3 aromatic heterocycles. The second-order valence-electron chi connectivity index (χ2n) is 5.37. The monoisotopic (exact) mass is 326 g/mol. The summed E-state index contributed by atoms with van der Waals surface area (Å²) in [6, 6.07) is 7.86. The van der Waals surface area contributed by atoms with Gasteiger partial charge in [-0.15, -0.1) is 11.3 Å². The zero-order chi connectivity index (χ0) is 16.1. The molecule has 23 heavy (non-hydrogen) atoms. The van der Waals surface area contributed by atoms with Gasteiger partial charge in [0, 0.05) is 29.6 Å². The maximum atomic E-state index is 11.9. The quantitative estimate of drug-likeness (QED) is 0.746. The molecule has 0 aromatic carbocycles. The van der Waals surface area contributed by atoms with Crippen molar-refractivity contribution in [2.24, 2.45) is 0 Å². The van der Waals surface area contributed by atoms with Gasteiger partial charge in [-0.2, -0.15) is 0 Å². The van der Waals surface area contributed by atoms with E-state index in [1.807, 2.05) is 18.2 Å². The van der Waals surface area contributed by atoms with Crippen molar-refractivity contribution in [1.82, 2.24) is 10.3 Å². The van der Waals surface area contributed by atoms with Crippen LogP contribution in [-0.4, -0.2) is 10.9 Å². The molecular weight excluding hydrogens is 308 g/mol. The van der Waals surface area contributed by atoms with Gasteiger partial charge in [-0.3, -0.25) is 9.78 Å². The first-order valence-electron chi connectivity index (χ1n) is 7.49. The van der Waals surface area contributed by atoms with Crippen LogP contribution in [0, 0.1) is 6.92 Å². The van der Waals surface area contributed by atoms with Gasteiger partial charge in [0.2, 0.25) is 5.91 Å². The SMILES string of the molecule is Cc1ccsc1CCC(=O)NCc1ccc(-c2ccoc2)nc1. The number of carbonyl (C=O) groups is 1. The highest BCUT2D eigenvalue weighted by Gasteiger charge is 2.06. The van der Waals surface area contributed by atoms with E-state index in [1.165, 1.54) is 10.4 Å². The minimum atomic E-state index is 0.0664. The molecule has 0 spiro atoms. The number of nitrogens with one attached hydrogen (secondary N) is 1. The lowest BCUT2D eigenvalue weighted by atomic mass is 10.2. The normalized spacial score (nSPS) is 10.7. The van der Waals surface area contributed by atoms with Crippen LogP contribution in [0.25, 0.3) is 11.3 Å². The van der Waals surface area contributed by atoms with Crippen LogP contribution in [0.2, 0.25) is 0 Å². The third kappa shape index (κ3) is 4.07. The smallest absolute Gasteiger partial charge is 0.220 e. The molecule has 0 atom stereocenters. The number of rotatable bonds is 6. The average Bonchev–Trinajstić information content (AvgIpc) is 3.23. The molecule has 3 heterocycles. The Bertz CT molecular complexity index is 761. The summed E-state index contributed by atoms with van der Waals surface area (Å²) in [5.41, 5.74) is 4.06. The molecule has 0 fully saturated rings. The van der Waals surface area contributed by atoms with Gasteiger partial charge >= 0.3 is 0 Å². The highest BCUT2D eigenvalue weighted by atomic mass is 32.1. The number of thiophene rings is 1. The predicted octanol–water partition coefficient (Wildman–Crippen LogP) is 3.96. The Morgan fingerprint density at radius 1 is 1.30 bits per heavy atom. The summed E-state index contributed by atoms with van der Waals surface area (Å²) in [5, 5.41) is 5.01. The summed E-state index contributed by atoms with van der Waals surface area (Å²) in [6.07, 6.45) is 6.39. The van der Waals surface area contributed by atoms with E-state index >= 15 is 0 Å². The molecule has 0 aliphatic rings. The Balaban J connectivity index is 1.48. The van der Waals surface area contributed by atoms with Gasteiger partial charge < -0.3 is 9.73 Å². The van der Waals surface area contributed by atoms with E-state index in [1.54, 1.807) is 30.1 Å². The van der Waals surface area contributed by atoms with E-state index in [9.17, 15) is 4.79 Å². The van der Waals surface area contributed by atoms with E-state index in [0.717, 1.165) is 23.2 Å². The van der Waals surface area contributed by atoms with Crippen LogP contribution >= 0.6 is 11.3 Å². The van der Waals surface area contributed by atoms with Crippen molar-refractivity contribution in [3.05, 3.63) is 64.4 Å². The molecule has 3 rings (SSSR count). The van der Waals surface area contributed by atoms with Crippen LogP contribution in [0.1, 0.15) is 22.4 Å². The van der Waals surface area contributed by atoms with Gasteiger partial charge in [-0.1, -0.05) is 6.07 Å². The fraction of sp³-hybridized carbons (Fsp3) is 0.222. The number of hydrogen-bond donors (Lipinski definition) is 1. The lowest BCUT2D eigenvalue weighted by molar-refractivity contribution is -0.121. The second-order valence-corrected chi connectivity index (χ2v) is 6.37. The number of aryl methyl sites for hydroxylation is 2. The zero-order valence-electron chi connectivity index (χ0n) is 12.9. The highest BCUT2D eigenvalue weighted by Crippen LogP contribution is 2.18. The van der Waals surface area contributed by atoms with Gasteiger partial charge in [0.05, 0.1) is 18.2 Å². The molecule has 0 aliphatic heterocycles. The van der Waals surface area contributed by atoms with E-state index < -0.39 is 0 Å². The molecule has 0 saturated carbocycles. The molecule has 1 amide bonds. The van der Waals surface area contributed by atoms with Crippen LogP contribution in [0.5, 0.6) is 0 Å². The van der Waals surface area contributed by atoms with Crippen LogP contribution < -0.4 is 5.32 Å². The summed E-state index contributed by atoms with van der Waals surface area (Å²) in [5.74, 6) is 0.0664. The number of nitrogens with zero attached hydrogens (tertiary/aromatic N) is 1. The van der Waals surface area contributed by atoms with Crippen molar-refractivity contribution < 1.29 is 9.21 Å². The predicted molar refractivity (Wildman–Crippen MR) is 91.2 cm³/mol. The van der Waals surface area contributed by atoms with Gasteiger partial charge in [-0.25, -0.2) is 0 Å². The summed E-state index contributed by atoms with van der Waals surface area (Å²) >= 11 is 1.71. The summed E-state index contributed by atoms with van der Waals surface area (Å²) in [4.78, 5) is 17.6. The fourth-order valence-corrected chi connectivity index (χ4v) is 3.20. The molecule has 4 nitrogen and oxygen atoms in total. The van der Waals surface area contributed by atoms with Crippen LogP contribution in [-0.2, 0) is 17.8 Å². The number of pyridine rings is 1. The Morgan fingerprint density at radius 2 is 2.22 bits per heavy atom. The van der Waals surface area contributed by atoms with Crippen LogP contribution in [0.4, 0.5) is 0 Å². The van der Waals surface area contributed by atoms with Crippen molar-refractivity contribution in [1.29, 1.82) is 0 Å². The minimum Gasteiger partial charge on any atom is -0.472 e. The molecule has 0 radical (unpaired) electrons. The van der Waals surface area contributed by atoms with Crippen molar-refractivity contribution in [3.8, 4) is 11.3 Å². The van der Waals surface area contributed by atoms with Crippen molar-refractivity contribution >= 4 is 17.2 Å². The molecule has 5 heteroatoms. The third-order valence-electron chi connectivity index (χ3n) is 3.68. The number of amides is 1. The van der Waals surface area contributed by atoms with Crippen molar-refractivity contribution in [2.45, 2.75) is 26.3 Å². The maximum absolute atomic E-state index is 11.9. The first kappa shape index (κ1) is 15.5. The number of furan rings is 1. The largest absolute Gasteiger partial charge is 0.472 e. The average molecular weight is 326 g/mol.